The largest absolute Gasteiger partial charge is 0.356 e. The van der Waals surface area contributed by atoms with Crippen LogP contribution in [0, 0.1) is 0 Å². The SMILES string of the molecule is C=CCCCN(C)C(=NC)NCCC(=O)N(C)C.I. The number of amides is 1. The highest BCUT2D eigenvalue weighted by atomic mass is 127. The van der Waals surface area contributed by atoms with Crippen molar-refractivity contribution >= 4 is 35.8 Å². The monoisotopic (exact) mass is 382 g/mol. The van der Waals surface area contributed by atoms with Crippen molar-refractivity contribution in [2.24, 2.45) is 4.99 Å². The molecule has 0 rings (SSSR count). The molecule has 0 spiro atoms. The van der Waals surface area contributed by atoms with Crippen LogP contribution in [0.25, 0.3) is 0 Å². The van der Waals surface area contributed by atoms with Crippen molar-refractivity contribution in [2.75, 3.05) is 41.3 Å². The molecule has 1 N–H and O–H groups in total. The molecule has 0 heterocycles. The molecule has 0 fully saturated rings. The van der Waals surface area contributed by atoms with E-state index in [1.165, 1.54) is 0 Å². The van der Waals surface area contributed by atoms with Gasteiger partial charge in [-0.1, -0.05) is 6.08 Å². The number of unbranched alkanes of at least 4 members (excludes halogenated alkanes) is 1. The summed E-state index contributed by atoms with van der Waals surface area (Å²) in [6.07, 6.45) is 4.45. The van der Waals surface area contributed by atoms with Gasteiger partial charge >= 0.3 is 0 Å². The molecule has 0 aromatic heterocycles. The second kappa shape index (κ2) is 12.3. The zero-order valence-electron chi connectivity index (χ0n) is 12.5. The van der Waals surface area contributed by atoms with E-state index < -0.39 is 0 Å². The summed E-state index contributed by atoms with van der Waals surface area (Å²) < 4.78 is 0. The average Bonchev–Trinajstić information content (AvgIpc) is 2.34. The summed E-state index contributed by atoms with van der Waals surface area (Å²) in [5.74, 6) is 0.942. The van der Waals surface area contributed by atoms with E-state index in [1.807, 2.05) is 13.1 Å². The highest BCUT2D eigenvalue weighted by Crippen LogP contribution is 1.94. The van der Waals surface area contributed by atoms with E-state index in [0.29, 0.717) is 13.0 Å². The lowest BCUT2D eigenvalue weighted by Crippen LogP contribution is -2.40. The van der Waals surface area contributed by atoms with Crippen LogP contribution >= 0.6 is 24.0 Å². The Morgan fingerprint density at radius 1 is 1.37 bits per heavy atom. The quantitative estimate of drug-likeness (QED) is 0.239. The highest BCUT2D eigenvalue weighted by molar-refractivity contribution is 14.0. The van der Waals surface area contributed by atoms with E-state index >= 15 is 0 Å². The lowest BCUT2D eigenvalue weighted by molar-refractivity contribution is -0.128. The van der Waals surface area contributed by atoms with Gasteiger partial charge in [0.05, 0.1) is 0 Å². The molecule has 1 amide bonds. The van der Waals surface area contributed by atoms with Gasteiger partial charge < -0.3 is 15.1 Å². The smallest absolute Gasteiger partial charge is 0.223 e. The number of guanidine groups is 1. The van der Waals surface area contributed by atoms with Gasteiger partial charge in [0.25, 0.3) is 0 Å². The number of aliphatic imine (C=N–C) groups is 1. The van der Waals surface area contributed by atoms with Crippen LogP contribution in [0.2, 0.25) is 0 Å². The fraction of sp³-hybridized carbons (Fsp3) is 0.692. The molecule has 0 radical (unpaired) electrons. The van der Waals surface area contributed by atoms with E-state index in [0.717, 1.165) is 25.3 Å². The molecular formula is C13H27IN4O. The molecule has 0 bridgehead atoms. The Balaban J connectivity index is 0. The third-order valence-corrected chi connectivity index (χ3v) is 2.60. The van der Waals surface area contributed by atoms with Crippen LogP contribution in [0.1, 0.15) is 19.3 Å². The van der Waals surface area contributed by atoms with Gasteiger partial charge in [0, 0.05) is 47.7 Å². The summed E-state index contributed by atoms with van der Waals surface area (Å²) in [5, 5.41) is 3.18. The lowest BCUT2D eigenvalue weighted by atomic mass is 10.3. The van der Waals surface area contributed by atoms with E-state index in [1.54, 1.807) is 26.0 Å². The number of nitrogens with zero attached hydrogens (tertiary/aromatic N) is 3. The molecule has 0 unspecified atom stereocenters. The third-order valence-electron chi connectivity index (χ3n) is 2.60. The Morgan fingerprint density at radius 2 is 2.00 bits per heavy atom. The van der Waals surface area contributed by atoms with Crippen molar-refractivity contribution in [1.82, 2.24) is 15.1 Å². The first-order valence-corrected chi connectivity index (χ1v) is 6.25. The average molecular weight is 382 g/mol. The van der Waals surface area contributed by atoms with Crippen LogP contribution in [-0.2, 0) is 4.79 Å². The molecule has 5 nitrogen and oxygen atoms in total. The molecule has 0 aliphatic carbocycles. The summed E-state index contributed by atoms with van der Waals surface area (Å²) in [6, 6.07) is 0. The van der Waals surface area contributed by atoms with Crippen LogP contribution in [0.5, 0.6) is 0 Å². The molecule has 112 valence electrons. The van der Waals surface area contributed by atoms with Crippen LogP contribution in [0.3, 0.4) is 0 Å². The number of rotatable bonds is 7. The second-order valence-electron chi connectivity index (χ2n) is 4.36. The van der Waals surface area contributed by atoms with Crippen molar-refractivity contribution in [3.05, 3.63) is 12.7 Å². The number of hydrogen-bond acceptors (Lipinski definition) is 2. The molecule has 19 heavy (non-hydrogen) atoms. The number of hydrogen-bond donors (Lipinski definition) is 1. The summed E-state index contributed by atoms with van der Waals surface area (Å²) in [6.45, 7) is 5.23. The maximum absolute atomic E-state index is 11.4. The predicted molar refractivity (Wildman–Crippen MR) is 92.1 cm³/mol. The Kier molecular flexibility index (Phi) is 13.2. The molecule has 0 aromatic rings. The minimum Gasteiger partial charge on any atom is -0.356 e. The summed E-state index contributed by atoms with van der Waals surface area (Å²) in [7, 11) is 7.27. The Hall–Kier alpha value is -0.790. The minimum atomic E-state index is 0. The van der Waals surface area contributed by atoms with Crippen LogP contribution in [-0.4, -0.2) is 62.9 Å². The van der Waals surface area contributed by atoms with E-state index in [-0.39, 0.29) is 29.9 Å². The molecule has 0 aliphatic heterocycles. The van der Waals surface area contributed by atoms with E-state index in [2.05, 4.69) is 21.8 Å². The van der Waals surface area contributed by atoms with Gasteiger partial charge in [-0.2, -0.15) is 0 Å². The molecule has 6 heteroatoms. The molecule has 0 aromatic carbocycles. The van der Waals surface area contributed by atoms with Gasteiger partial charge in [-0.25, -0.2) is 0 Å². The summed E-state index contributed by atoms with van der Waals surface area (Å²) in [4.78, 5) is 19.3. The van der Waals surface area contributed by atoms with Gasteiger partial charge in [0.1, 0.15) is 0 Å². The van der Waals surface area contributed by atoms with Crippen molar-refractivity contribution < 1.29 is 4.79 Å². The maximum Gasteiger partial charge on any atom is 0.223 e. The van der Waals surface area contributed by atoms with Crippen molar-refractivity contribution in [3.8, 4) is 0 Å². The molecule has 0 atom stereocenters. The Labute approximate surface area is 134 Å². The minimum absolute atomic E-state index is 0. The topological polar surface area (TPSA) is 47.9 Å². The Bertz CT molecular complexity index is 292. The van der Waals surface area contributed by atoms with E-state index in [4.69, 9.17) is 0 Å². The van der Waals surface area contributed by atoms with Crippen LogP contribution < -0.4 is 5.32 Å². The summed E-state index contributed by atoms with van der Waals surface area (Å²) in [5.41, 5.74) is 0. The number of halogens is 1. The molecule has 0 saturated heterocycles. The van der Waals surface area contributed by atoms with Gasteiger partial charge in [-0.15, -0.1) is 30.6 Å². The normalized spacial score (nSPS) is 10.4. The maximum atomic E-state index is 11.4. The standard InChI is InChI=1S/C13H26N4O.HI/c1-6-7-8-11-17(5)13(14-2)15-10-9-12(18)16(3)4;/h6H,1,7-11H2,2-5H3,(H,14,15);1H. The number of allylic oxidation sites excluding steroid dienone is 1. The zero-order valence-corrected chi connectivity index (χ0v) is 14.8. The van der Waals surface area contributed by atoms with Crippen molar-refractivity contribution in [3.63, 3.8) is 0 Å². The molecule has 0 aliphatic rings. The van der Waals surface area contributed by atoms with E-state index in [9.17, 15) is 4.79 Å². The number of carbonyl (C=O) groups excluding carboxylic acids is 1. The number of carbonyl (C=O) groups is 1. The van der Waals surface area contributed by atoms with Crippen LogP contribution in [0.15, 0.2) is 17.6 Å². The van der Waals surface area contributed by atoms with Crippen LogP contribution in [0.4, 0.5) is 0 Å². The Morgan fingerprint density at radius 3 is 2.47 bits per heavy atom. The van der Waals surface area contributed by atoms with Gasteiger partial charge in [-0.3, -0.25) is 9.79 Å². The van der Waals surface area contributed by atoms with Gasteiger partial charge in [0.2, 0.25) is 5.91 Å². The molecular weight excluding hydrogens is 355 g/mol. The van der Waals surface area contributed by atoms with Crippen molar-refractivity contribution in [2.45, 2.75) is 19.3 Å². The summed E-state index contributed by atoms with van der Waals surface area (Å²) >= 11 is 0. The number of nitrogens with one attached hydrogen (secondary N) is 1. The predicted octanol–water partition coefficient (Wildman–Crippen LogP) is 1.56. The highest BCUT2D eigenvalue weighted by Gasteiger charge is 2.07. The first-order chi connectivity index (χ1) is 8.52. The third kappa shape index (κ3) is 9.75. The fourth-order valence-corrected chi connectivity index (χ4v) is 1.47. The fourth-order valence-electron chi connectivity index (χ4n) is 1.47. The first kappa shape index (κ1) is 20.5. The lowest BCUT2D eigenvalue weighted by Gasteiger charge is -2.22. The van der Waals surface area contributed by atoms with Gasteiger partial charge in [-0.05, 0) is 12.8 Å². The van der Waals surface area contributed by atoms with Gasteiger partial charge in [0.15, 0.2) is 5.96 Å². The first-order valence-electron chi connectivity index (χ1n) is 6.25. The zero-order chi connectivity index (χ0) is 14.0. The molecule has 0 saturated carbocycles. The van der Waals surface area contributed by atoms with Crippen molar-refractivity contribution in [1.29, 1.82) is 0 Å². The second-order valence-corrected chi connectivity index (χ2v) is 4.36.